The first-order chi connectivity index (χ1) is 12.5. The first kappa shape index (κ1) is 19.5. The third kappa shape index (κ3) is 5.91. The molecule has 1 N–H and O–H groups in total. The summed E-state index contributed by atoms with van der Waals surface area (Å²) in [4.78, 5) is 37.3. The van der Waals surface area contributed by atoms with Crippen LogP contribution in [0.25, 0.3) is 0 Å². The molecule has 1 atom stereocenters. The van der Waals surface area contributed by atoms with Crippen molar-refractivity contribution in [3.63, 3.8) is 0 Å². The van der Waals surface area contributed by atoms with Gasteiger partial charge in [0.2, 0.25) is 5.91 Å². The highest BCUT2D eigenvalue weighted by Crippen LogP contribution is 2.19. The van der Waals surface area contributed by atoms with Gasteiger partial charge in [-0.1, -0.05) is 18.2 Å². The lowest BCUT2D eigenvalue weighted by molar-refractivity contribution is -0.155. The van der Waals surface area contributed by atoms with Crippen LogP contribution in [0.3, 0.4) is 0 Å². The first-order valence-corrected chi connectivity index (χ1v) is 8.49. The Morgan fingerprint density at radius 3 is 2.77 bits per heavy atom. The molecule has 0 saturated heterocycles. The van der Waals surface area contributed by atoms with Crippen LogP contribution in [0.2, 0.25) is 0 Å². The Labute approximate surface area is 153 Å². The summed E-state index contributed by atoms with van der Waals surface area (Å²) < 4.78 is 10.2. The van der Waals surface area contributed by atoms with Gasteiger partial charge in [0.1, 0.15) is 5.75 Å². The van der Waals surface area contributed by atoms with E-state index in [1.54, 1.807) is 24.3 Å². The summed E-state index contributed by atoms with van der Waals surface area (Å²) in [6, 6.07) is 6.92. The number of methoxy groups -OCH3 is 1. The van der Waals surface area contributed by atoms with Crippen molar-refractivity contribution >= 4 is 23.5 Å². The van der Waals surface area contributed by atoms with Crippen molar-refractivity contribution in [1.82, 2.24) is 4.90 Å². The molecule has 0 heterocycles. The van der Waals surface area contributed by atoms with E-state index < -0.39 is 5.91 Å². The number of benzene rings is 1. The van der Waals surface area contributed by atoms with Crippen molar-refractivity contribution in [2.24, 2.45) is 5.92 Å². The number of ether oxygens (including phenoxy) is 2. The van der Waals surface area contributed by atoms with Crippen molar-refractivity contribution in [3.8, 4) is 5.75 Å². The number of rotatable bonds is 7. The summed E-state index contributed by atoms with van der Waals surface area (Å²) in [5.74, 6) is -0.702. The molecule has 0 bridgehead atoms. The van der Waals surface area contributed by atoms with Crippen LogP contribution in [0.15, 0.2) is 36.4 Å². The van der Waals surface area contributed by atoms with Gasteiger partial charge in [-0.15, -0.1) is 0 Å². The van der Waals surface area contributed by atoms with Gasteiger partial charge in [0, 0.05) is 18.8 Å². The maximum Gasteiger partial charge on any atom is 0.309 e. The zero-order chi connectivity index (χ0) is 18.9. The van der Waals surface area contributed by atoms with E-state index in [0.717, 1.165) is 12.8 Å². The molecule has 7 heteroatoms. The summed E-state index contributed by atoms with van der Waals surface area (Å²) in [6.45, 7) is -0.498. The molecule has 2 amide bonds. The van der Waals surface area contributed by atoms with Gasteiger partial charge in [0.15, 0.2) is 6.61 Å². The molecule has 7 nitrogen and oxygen atoms in total. The zero-order valence-electron chi connectivity index (χ0n) is 15.1. The number of hydrogen-bond donors (Lipinski definition) is 1. The minimum Gasteiger partial charge on any atom is -0.497 e. The van der Waals surface area contributed by atoms with Crippen molar-refractivity contribution in [3.05, 3.63) is 36.4 Å². The average Bonchev–Trinajstić information content (AvgIpc) is 2.66. The quantitative estimate of drug-likeness (QED) is 0.594. The second-order valence-corrected chi connectivity index (χ2v) is 6.12. The molecular formula is C19H24N2O5. The Kier molecular flexibility index (Phi) is 7.20. The lowest BCUT2D eigenvalue weighted by Gasteiger charge is -2.19. The van der Waals surface area contributed by atoms with Gasteiger partial charge in [0.05, 0.1) is 19.6 Å². The first-order valence-electron chi connectivity index (χ1n) is 8.49. The fraction of sp³-hybridized carbons (Fsp3) is 0.421. The highest BCUT2D eigenvalue weighted by Gasteiger charge is 2.22. The van der Waals surface area contributed by atoms with E-state index in [4.69, 9.17) is 9.47 Å². The number of carbonyl (C=O) groups excluding carboxylic acids is 3. The van der Waals surface area contributed by atoms with E-state index >= 15 is 0 Å². The van der Waals surface area contributed by atoms with Crippen LogP contribution in [-0.4, -0.2) is 50.0 Å². The lowest BCUT2D eigenvalue weighted by Crippen LogP contribution is -2.38. The summed E-state index contributed by atoms with van der Waals surface area (Å²) in [5, 5.41) is 2.69. The highest BCUT2D eigenvalue weighted by atomic mass is 16.5. The van der Waals surface area contributed by atoms with Gasteiger partial charge < -0.3 is 19.7 Å². The Hall–Kier alpha value is -2.83. The third-order valence-corrected chi connectivity index (χ3v) is 4.10. The summed E-state index contributed by atoms with van der Waals surface area (Å²) >= 11 is 0. The number of likely N-dealkylation sites (N-methyl/N-ethyl adjacent to an activating group) is 1. The monoisotopic (exact) mass is 360 g/mol. The molecule has 0 saturated carbocycles. The van der Waals surface area contributed by atoms with Crippen molar-refractivity contribution < 1.29 is 23.9 Å². The molecule has 0 aromatic heterocycles. The topological polar surface area (TPSA) is 84.9 Å². The fourth-order valence-electron chi connectivity index (χ4n) is 2.57. The Morgan fingerprint density at radius 1 is 1.27 bits per heavy atom. The van der Waals surface area contributed by atoms with Crippen LogP contribution in [0.1, 0.15) is 19.3 Å². The van der Waals surface area contributed by atoms with Crippen LogP contribution < -0.4 is 10.1 Å². The van der Waals surface area contributed by atoms with Gasteiger partial charge in [-0.3, -0.25) is 14.4 Å². The van der Waals surface area contributed by atoms with Gasteiger partial charge in [-0.25, -0.2) is 0 Å². The van der Waals surface area contributed by atoms with Crippen molar-refractivity contribution in [2.75, 3.05) is 32.6 Å². The van der Waals surface area contributed by atoms with Crippen molar-refractivity contribution in [1.29, 1.82) is 0 Å². The number of nitrogens with one attached hydrogen (secondary N) is 1. The van der Waals surface area contributed by atoms with Crippen LogP contribution in [-0.2, 0) is 19.1 Å². The normalized spacial score (nSPS) is 15.8. The molecule has 0 aliphatic heterocycles. The molecule has 1 aliphatic carbocycles. The number of amides is 2. The summed E-state index contributed by atoms with van der Waals surface area (Å²) in [7, 11) is 3.03. The van der Waals surface area contributed by atoms with Crippen LogP contribution in [0, 0.1) is 5.92 Å². The highest BCUT2D eigenvalue weighted by molar-refractivity contribution is 5.95. The smallest absolute Gasteiger partial charge is 0.309 e. The van der Waals surface area contributed by atoms with Gasteiger partial charge in [-0.2, -0.15) is 0 Å². The van der Waals surface area contributed by atoms with E-state index in [0.29, 0.717) is 17.9 Å². The van der Waals surface area contributed by atoms with Gasteiger partial charge in [0.25, 0.3) is 5.91 Å². The lowest BCUT2D eigenvalue weighted by atomic mass is 9.95. The largest absolute Gasteiger partial charge is 0.497 e. The maximum absolute atomic E-state index is 12.1. The van der Waals surface area contributed by atoms with Crippen molar-refractivity contribution in [2.45, 2.75) is 19.3 Å². The minimum atomic E-state index is -0.425. The SMILES string of the molecule is COc1cccc(NC(=O)CN(C)C(=O)COC(=O)C2CC=CCC2)c1. The van der Waals surface area contributed by atoms with Crippen LogP contribution in [0.5, 0.6) is 5.75 Å². The molecule has 140 valence electrons. The molecule has 0 radical (unpaired) electrons. The van der Waals surface area contributed by atoms with E-state index in [-0.39, 0.29) is 30.9 Å². The predicted molar refractivity (Wildman–Crippen MR) is 96.7 cm³/mol. The second-order valence-electron chi connectivity index (χ2n) is 6.12. The van der Waals surface area contributed by atoms with E-state index in [2.05, 4.69) is 5.32 Å². The molecule has 1 unspecified atom stereocenters. The molecule has 0 spiro atoms. The number of esters is 1. The number of allylic oxidation sites excluding steroid dienone is 2. The minimum absolute atomic E-state index is 0.139. The molecule has 1 aliphatic rings. The van der Waals surface area contributed by atoms with E-state index in [1.165, 1.54) is 19.1 Å². The van der Waals surface area contributed by atoms with Gasteiger partial charge in [-0.05, 0) is 31.4 Å². The zero-order valence-corrected chi connectivity index (χ0v) is 15.1. The molecule has 2 rings (SSSR count). The second kappa shape index (κ2) is 9.60. The van der Waals surface area contributed by atoms with Crippen LogP contribution in [0.4, 0.5) is 5.69 Å². The Morgan fingerprint density at radius 2 is 2.08 bits per heavy atom. The van der Waals surface area contributed by atoms with E-state index in [1.807, 2.05) is 12.2 Å². The fourth-order valence-corrected chi connectivity index (χ4v) is 2.57. The Bertz CT molecular complexity index is 686. The number of anilines is 1. The summed E-state index contributed by atoms with van der Waals surface area (Å²) in [5.41, 5.74) is 0.576. The molecule has 1 aromatic rings. The maximum atomic E-state index is 12.1. The molecule has 26 heavy (non-hydrogen) atoms. The summed E-state index contributed by atoms with van der Waals surface area (Å²) in [6.07, 6.45) is 6.21. The Balaban J connectivity index is 1.75. The number of carbonyl (C=O) groups is 3. The van der Waals surface area contributed by atoms with Crippen LogP contribution >= 0.6 is 0 Å². The average molecular weight is 360 g/mol. The molecule has 1 aromatic carbocycles. The number of nitrogens with zero attached hydrogens (tertiary/aromatic N) is 1. The van der Waals surface area contributed by atoms with Gasteiger partial charge >= 0.3 is 5.97 Å². The van der Waals surface area contributed by atoms with E-state index in [9.17, 15) is 14.4 Å². The molecule has 0 fully saturated rings. The molecular weight excluding hydrogens is 336 g/mol. The standard InChI is InChI=1S/C19H24N2O5/c1-21(12-17(22)20-15-9-6-10-16(11-15)25-2)18(23)13-26-19(24)14-7-4-3-5-8-14/h3-4,6,9-11,14H,5,7-8,12-13H2,1-2H3,(H,20,22). The third-order valence-electron chi connectivity index (χ3n) is 4.10. The number of hydrogen-bond acceptors (Lipinski definition) is 5. The predicted octanol–water partition coefficient (Wildman–Crippen LogP) is 1.99.